The highest BCUT2D eigenvalue weighted by molar-refractivity contribution is 6.10. The van der Waals surface area contributed by atoms with Gasteiger partial charge < -0.3 is 9.51 Å². The van der Waals surface area contributed by atoms with Gasteiger partial charge in [0.15, 0.2) is 5.78 Å². The molecule has 7 heteroatoms. The van der Waals surface area contributed by atoms with Crippen LogP contribution in [0.2, 0.25) is 0 Å². The number of Topliss-reactive ketones (excluding diaryl/α,β-unsaturated/α-hetero) is 1. The summed E-state index contributed by atoms with van der Waals surface area (Å²) in [4.78, 5) is 23.1. The van der Waals surface area contributed by atoms with E-state index in [0.29, 0.717) is 30.4 Å². The summed E-state index contributed by atoms with van der Waals surface area (Å²) < 4.78 is 19.0. The van der Waals surface area contributed by atoms with Crippen molar-refractivity contribution in [3.8, 4) is 11.4 Å². The number of aromatic amines is 1. The summed E-state index contributed by atoms with van der Waals surface area (Å²) in [6.45, 7) is 3.83. The molecule has 1 unspecified atom stereocenters. The molecule has 1 aliphatic heterocycles. The van der Waals surface area contributed by atoms with Crippen LogP contribution in [0.1, 0.15) is 40.7 Å². The van der Waals surface area contributed by atoms with E-state index in [-0.39, 0.29) is 17.5 Å². The number of carbonyl (C=O) groups is 1. The lowest BCUT2D eigenvalue weighted by atomic mass is 9.97. The Morgan fingerprint density at radius 1 is 1.26 bits per heavy atom. The molecule has 1 N–H and O–H groups in total. The van der Waals surface area contributed by atoms with Crippen molar-refractivity contribution in [3.05, 3.63) is 71.5 Å². The van der Waals surface area contributed by atoms with E-state index in [0.717, 1.165) is 41.5 Å². The highest BCUT2D eigenvalue weighted by atomic mass is 19.1. The van der Waals surface area contributed by atoms with E-state index in [4.69, 9.17) is 4.52 Å². The van der Waals surface area contributed by atoms with E-state index in [1.54, 1.807) is 12.1 Å². The zero-order chi connectivity index (χ0) is 21.4. The topological polar surface area (TPSA) is 75.0 Å². The number of rotatable bonds is 5. The van der Waals surface area contributed by atoms with Gasteiger partial charge in [0.05, 0.1) is 12.5 Å². The van der Waals surface area contributed by atoms with Crippen LogP contribution in [0.5, 0.6) is 0 Å². The van der Waals surface area contributed by atoms with E-state index in [2.05, 4.69) is 20.0 Å². The van der Waals surface area contributed by atoms with Crippen LogP contribution >= 0.6 is 0 Å². The van der Waals surface area contributed by atoms with Gasteiger partial charge in [-0.2, -0.15) is 4.98 Å². The van der Waals surface area contributed by atoms with Gasteiger partial charge in [0.1, 0.15) is 5.82 Å². The first-order valence-electron chi connectivity index (χ1n) is 10.5. The first-order chi connectivity index (χ1) is 15.1. The number of piperidine rings is 1. The van der Waals surface area contributed by atoms with Crippen molar-refractivity contribution in [1.29, 1.82) is 0 Å². The third kappa shape index (κ3) is 3.88. The average molecular weight is 418 g/mol. The number of H-pyrrole nitrogens is 1. The number of para-hydroxylation sites is 1. The Bertz CT molecular complexity index is 1250. The number of aromatic nitrogens is 3. The summed E-state index contributed by atoms with van der Waals surface area (Å²) in [6, 6.07) is 14.0. The number of hydrogen-bond acceptors (Lipinski definition) is 5. The van der Waals surface area contributed by atoms with Crippen LogP contribution in [0.25, 0.3) is 22.3 Å². The standard InChI is InChI=1S/C24H23FN4O2/c1-15-22(19-9-2-3-10-20(19)26-15)21(30)14-29-11-5-7-17(13-29)24-27-23(28-31-24)16-6-4-8-18(25)12-16/h2-4,6,8-10,12,17,26H,5,7,11,13-14H2,1H3. The second-order valence-corrected chi connectivity index (χ2v) is 8.13. The number of fused-ring (bicyclic) bond motifs is 1. The minimum absolute atomic E-state index is 0.0559. The second-order valence-electron chi connectivity index (χ2n) is 8.13. The Hall–Kier alpha value is -3.32. The van der Waals surface area contributed by atoms with Crippen molar-refractivity contribution in [1.82, 2.24) is 20.0 Å². The Balaban J connectivity index is 1.31. The molecule has 1 aliphatic rings. The van der Waals surface area contributed by atoms with Crippen molar-refractivity contribution in [2.24, 2.45) is 0 Å². The number of carbonyl (C=O) groups excluding carboxylic acids is 1. The van der Waals surface area contributed by atoms with E-state index >= 15 is 0 Å². The molecule has 0 bridgehead atoms. The number of nitrogens with one attached hydrogen (secondary N) is 1. The molecule has 158 valence electrons. The van der Waals surface area contributed by atoms with Crippen LogP contribution in [0, 0.1) is 12.7 Å². The SMILES string of the molecule is Cc1[nH]c2ccccc2c1C(=O)CN1CCCC(c2nc(-c3cccc(F)c3)no2)C1. The highest BCUT2D eigenvalue weighted by Gasteiger charge is 2.28. The molecule has 1 fully saturated rings. The second kappa shape index (κ2) is 8.07. The van der Waals surface area contributed by atoms with Gasteiger partial charge in [-0.05, 0) is 44.5 Å². The first-order valence-corrected chi connectivity index (χ1v) is 10.5. The predicted octanol–water partition coefficient (Wildman–Crippen LogP) is 4.73. The van der Waals surface area contributed by atoms with E-state index in [1.807, 2.05) is 31.2 Å². The van der Waals surface area contributed by atoms with Crippen molar-refractivity contribution in [3.63, 3.8) is 0 Å². The molecular formula is C24H23FN4O2. The highest BCUT2D eigenvalue weighted by Crippen LogP contribution is 2.29. The van der Waals surface area contributed by atoms with Gasteiger partial charge in [0, 0.05) is 34.3 Å². The summed E-state index contributed by atoms with van der Waals surface area (Å²) in [5, 5.41) is 5.00. The Morgan fingerprint density at radius 2 is 2.13 bits per heavy atom. The predicted molar refractivity (Wildman–Crippen MR) is 115 cm³/mol. The maximum absolute atomic E-state index is 13.5. The number of aryl methyl sites for hydroxylation is 1. The van der Waals surface area contributed by atoms with Crippen LogP contribution in [-0.2, 0) is 0 Å². The zero-order valence-corrected chi connectivity index (χ0v) is 17.3. The molecule has 0 saturated carbocycles. The van der Waals surface area contributed by atoms with Gasteiger partial charge in [0.2, 0.25) is 11.7 Å². The van der Waals surface area contributed by atoms with Gasteiger partial charge >= 0.3 is 0 Å². The molecule has 2 aromatic heterocycles. The fourth-order valence-electron chi connectivity index (χ4n) is 4.46. The van der Waals surface area contributed by atoms with Gasteiger partial charge in [-0.3, -0.25) is 9.69 Å². The molecule has 0 amide bonds. The Labute approximate surface area is 179 Å². The van der Waals surface area contributed by atoms with Crippen LogP contribution in [-0.4, -0.2) is 45.4 Å². The zero-order valence-electron chi connectivity index (χ0n) is 17.3. The molecule has 0 aliphatic carbocycles. The lowest BCUT2D eigenvalue weighted by Crippen LogP contribution is -2.38. The van der Waals surface area contributed by atoms with Crippen LogP contribution in [0.4, 0.5) is 4.39 Å². The number of likely N-dealkylation sites (tertiary alicyclic amines) is 1. The number of hydrogen-bond donors (Lipinski definition) is 1. The molecule has 0 radical (unpaired) electrons. The Kier molecular flexibility index (Phi) is 5.11. The van der Waals surface area contributed by atoms with Crippen molar-refractivity contribution < 1.29 is 13.7 Å². The van der Waals surface area contributed by atoms with Gasteiger partial charge in [0.25, 0.3) is 0 Å². The number of nitrogens with zero attached hydrogens (tertiary/aromatic N) is 3. The molecular weight excluding hydrogens is 395 g/mol. The fraction of sp³-hybridized carbons (Fsp3) is 0.292. The summed E-state index contributed by atoms with van der Waals surface area (Å²) in [6.07, 6.45) is 1.87. The molecule has 1 atom stereocenters. The van der Waals surface area contributed by atoms with Crippen molar-refractivity contribution >= 4 is 16.7 Å². The molecule has 0 spiro atoms. The maximum Gasteiger partial charge on any atom is 0.231 e. The molecule has 1 saturated heterocycles. The first kappa shape index (κ1) is 19.6. The third-order valence-electron chi connectivity index (χ3n) is 5.92. The minimum atomic E-state index is -0.334. The molecule has 6 nitrogen and oxygen atoms in total. The van der Waals surface area contributed by atoms with Gasteiger partial charge in [-0.1, -0.05) is 35.5 Å². The molecule has 31 heavy (non-hydrogen) atoms. The van der Waals surface area contributed by atoms with E-state index in [9.17, 15) is 9.18 Å². The molecule has 5 rings (SSSR count). The maximum atomic E-state index is 13.5. The van der Waals surface area contributed by atoms with Crippen molar-refractivity contribution in [2.75, 3.05) is 19.6 Å². The molecule has 2 aromatic carbocycles. The largest absolute Gasteiger partial charge is 0.358 e. The number of benzene rings is 2. The number of ketones is 1. The molecule has 3 heterocycles. The Morgan fingerprint density at radius 3 is 3.00 bits per heavy atom. The van der Waals surface area contributed by atoms with Crippen LogP contribution < -0.4 is 0 Å². The lowest BCUT2D eigenvalue weighted by Gasteiger charge is -2.30. The number of halogens is 1. The summed E-state index contributed by atoms with van der Waals surface area (Å²) in [5.74, 6) is 0.762. The fourth-order valence-corrected chi connectivity index (χ4v) is 4.46. The third-order valence-corrected chi connectivity index (χ3v) is 5.92. The van der Waals surface area contributed by atoms with E-state index in [1.165, 1.54) is 12.1 Å². The van der Waals surface area contributed by atoms with Crippen LogP contribution in [0.15, 0.2) is 53.1 Å². The summed E-state index contributed by atoms with van der Waals surface area (Å²) in [7, 11) is 0. The minimum Gasteiger partial charge on any atom is -0.358 e. The molecule has 4 aromatic rings. The smallest absolute Gasteiger partial charge is 0.231 e. The lowest BCUT2D eigenvalue weighted by molar-refractivity contribution is 0.0900. The van der Waals surface area contributed by atoms with E-state index < -0.39 is 0 Å². The summed E-state index contributed by atoms with van der Waals surface area (Å²) >= 11 is 0. The quantitative estimate of drug-likeness (QED) is 0.475. The van der Waals surface area contributed by atoms with Crippen LogP contribution in [0.3, 0.4) is 0 Å². The van der Waals surface area contributed by atoms with Gasteiger partial charge in [-0.25, -0.2) is 4.39 Å². The summed E-state index contributed by atoms with van der Waals surface area (Å²) in [5.41, 5.74) is 3.24. The van der Waals surface area contributed by atoms with Crippen molar-refractivity contribution in [2.45, 2.75) is 25.7 Å². The average Bonchev–Trinajstić information content (AvgIpc) is 3.38. The van der Waals surface area contributed by atoms with Gasteiger partial charge in [-0.15, -0.1) is 0 Å². The normalized spacial score (nSPS) is 17.3. The monoisotopic (exact) mass is 418 g/mol.